The Hall–Kier alpha value is -2.01. The van der Waals surface area contributed by atoms with E-state index in [0.29, 0.717) is 13.2 Å². The fraction of sp³-hybridized carbons (Fsp3) is 0.438. The van der Waals surface area contributed by atoms with E-state index in [2.05, 4.69) is 23.5 Å². The van der Waals surface area contributed by atoms with Gasteiger partial charge in [-0.05, 0) is 25.6 Å². The summed E-state index contributed by atoms with van der Waals surface area (Å²) in [6.45, 7) is 7.22. The van der Waals surface area contributed by atoms with Crippen LogP contribution < -0.4 is 14.8 Å². The van der Waals surface area contributed by atoms with Crippen molar-refractivity contribution in [3.8, 4) is 11.5 Å². The molecule has 0 atom stereocenters. The molecule has 0 aliphatic carbocycles. The van der Waals surface area contributed by atoms with Crippen LogP contribution in [-0.4, -0.2) is 30.0 Å². The van der Waals surface area contributed by atoms with E-state index in [-0.39, 0.29) is 0 Å². The zero-order chi connectivity index (χ0) is 15.1. The van der Waals surface area contributed by atoms with Gasteiger partial charge in [-0.1, -0.05) is 19.1 Å². The highest BCUT2D eigenvalue weighted by Gasteiger charge is 2.05. The monoisotopic (exact) mass is 289 g/mol. The van der Waals surface area contributed by atoms with Gasteiger partial charge in [0.25, 0.3) is 0 Å². The number of benzene rings is 1. The summed E-state index contributed by atoms with van der Waals surface area (Å²) >= 11 is 0. The molecule has 114 valence electrons. The van der Waals surface area contributed by atoms with Crippen LogP contribution in [0.5, 0.6) is 11.5 Å². The second-order valence-corrected chi connectivity index (χ2v) is 4.78. The molecule has 2 aromatic rings. The number of aromatic nitrogens is 2. The zero-order valence-corrected chi connectivity index (χ0v) is 12.9. The quantitative estimate of drug-likeness (QED) is 0.810. The topological polar surface area (TPSA) is 48.3 Å². The van der Waals surface area contributed by atoms with Crippen molar-refractivity contribution < 1.29 is 9.47 Å². The highest BCUT2D eigenvalue weighted by molar-refractivity contribution is 5.39. The van der Waals surface area contributed by atoms with Gasteiger partial charge in [0, 0.05) is 18.3 Å². The molecule has 1 heterocycles. The molecule has 0 bridgehead atoms. The third-order valence-corrected chi connectivity index (χ3v) is 3.26. The van der Waals surface area contributed by atoms with E-state index in [1.807, 2.05) is 35.9 Å². The van der Waals surface area contributed by atoms with Crippen LogP contribution in [0.1, 0.15) is 18.2 Å². The third kappa shape index (κ3) is 4.23. The van der Waals surface area contributed by atoms with Gasteiger partial charge in [0.05, 0.1) is 19.3 Å². The predicted molar refractivity (Wildman–Crippen MR) is 82.8 cm³/mol. The molecule has 2 rings (SSSR count). The molecule has 5 heteroatoms. The average Bonchev–Trinajstić information content (AvgIpc) is 2.85. The maximum atomic E-state index is 5.76. The van der Waals surface area contributed by atoms with E-state index in [1.165, 1.54) is 5.56 Å². The first kappa shape index (κ1) is 15.4. The van der Waals surface area contributed by atoms with Crippen molar-refractivity contribution in [3.63, 3.8) is 0 Å². The van der Waals surface area contributed by atoms with Crippen molar-refractivity contribution in [2.45, 2.75) is 26.9 Å². The molecule has 0 saturated heterocycles. The molecular formula is C16H23N3O2. The van der Waals surface area contributed by atoms with Gasteiger partial charge in [0.15, 0.2) is 11.5 Å². The molecule has 0 spiro atoms. The van der Waals surface area contributed by atoms with E-state index >= 15 is 0 Å². The van der Waals surface area contributed by atoms with E-state index in [4.69, 9.17) is 9.47 Å². The second-order valence-electron chi connectivity index (χ2n) is 4.78. The van der Waals surface area contributed by atoms with Crippen molar-refractivity contribution in [2.24, 2.45) is 0 Å². The molecule has 21 heavy (non-hydrogen) atoms. The number of ether oxygens (including phenoxy) is 2. The Kier molecular flexibility index (Phi) is 5.63. The molecule has 1 aromatic carbocycles. The normalized spacial score (nSPS) is 10.6. The van der Waals surface area contributed by atoms with Crippen LogP contribution in [0.25, 0.3) is 0 Å². The Morgan fingerprint density at radius 2 is 2.00 bits per heavy atom. The molecule has 0 aliphatic rings. The van der Waals surface area contributed by atoms with Gasteiger partial charge in [0.1, 0.15) is 6.61 Å². The summed E-state index contributed by atoms with van der Waals surface area (Å²) in [6, 6.07) is 7.66. The Balaban J connectivity index is 1.88. The number of para-hydroxylation sites is 2. The fourth-order valence-electron chi connectivity index (χ4n) is 2.09. The first-order valence-electron chi connectivity index (χ1n) is 7.24. The first-order chi connectivity index (χ1) is 10.2. The van der Waals surface area contributed by atoms with E-state index in [1.54, 1.807) is 7.11 Å². The minimum atomic E-state index is 0.558. The Morgan fingerprint density at radius 3 is 2.71 bits per heavy atom. The van der Waals surface area contributed by atoms with Crippen molar-refractivity contribution in [2.75, 3.05) is 20.3 Å². The van der Waals surface area contributed by atoms with Crippen molar-refractivity contribution >= 4 is 0 Å². The minimum absolute atomic E-state index is 0.558. The SMILES string of the molecule is CCNCc1cn(CCOc2ccccc2OC)nc1C. The first-order valence-corrected chi connectivity index (χ1v) is 7.24. The molecule has 5 nitrogen and oxygen atoms in total. The second kappa shape index (κ2) is 7.69. The Bertz CT molecular complexity index is 566. The summed E-state index contributed by atoms with van der Waals surface area (Å²) in [6.07, 6.45) is 2.07. The smallest absolute Gasteiger partial charge is 0.161 e. The third-order valence-electron chi connectivity index (χ3n) is 3.26. The van der Waals surface area contributed by atoms with Gasteiger partial charge in [-0.15, -0.1) is 0 Å². The van der Waals surface area contributed by atoms with Gasteiger partial charge in [0.2, 0.25) is 0 Å². The molecule has 0 aliphatic heterocycles. The van der Waals surface area contributed by atoms with E-state index in [0.717, 1.165) is 30.3 Å². The predicted octanol–water partition coefficient (Wildman–Crippen LogP) is 2.39. The summed E-state index contributed by atoms with van der Waals surface area (Å²) in [7, 11) is 1.64. The van der Waals surface area contributed by atoms with Crippen LogP contribution in [0.15, 0.2) is 30.5 Å². The number of aryl methyl sites for hydroxylation is 1. The van der Waals surface area contributed by atoms with Crippen molar-refractivity contribution in [3.05, 3.63) is 41.7 Å². The summed E-state index contributed by atoms with van der Waals surface area (Å²) in [5.74, 6) is 1.51. The number of hydrogen-bond donors (Lipinski definition) is 1. The zero-order valence-electron chi connectivity index (χ0n) is 12.9. The van der Waals surface area contributed by atoms with Gasteiger partial charge in [-0.3, -0.25) is 4.68 Å². The maximum absolute atomic E-state index is 5.76. The molecule has 0 fully saturated rings. The molecule has 0 saturated carbocycles. The molecule has 0 radical (unpaired) electrons. The maximum Gasteiger partial charge on any atom is 0.161 e. The fourth-order valence-corrected chi connectivity index (χ4v) is 2.09. The average molecular weight is 289 g/mol. The highest BCUT2D eigenvalue weighted by atomic mass is 16.5. The highest BCUT2D eigenvalue weighted by Crippen LogP contribution is 2.25. The van der Waals surface area contributed by atoms with Gasteiger partial charge < -0.3 is 14.8 Å². The number of nitrogens with one attached hydrogen (secondary N) is 1. The standard InChI is InChI=1S/C16H23N3O2/c1-4-17-11-14-12-19(18-13(14)2)9-10-21-16-8-6-5-7-15(16)20-3/h5-8,12,17H,4,9-11H2,1-3H3. The van der Waals surface area contributed by atoms with Crippen molar-refractivity contribution in [1.82, 2.24) is 15.1 Å². The lowest BCUT2D eigenvalue weighted by Gasteiger charge is -2.10. The summed E-state index contributed by atoms with van der Waals surface area (Å²) in [4.78, 5) is 0. The van der Waals surface area contributed by atoms with Crippen LogP contribution >= 0.6 is 0 Å². The van der Waals surface area contributed by atoms with Crippen LogP contribution in [0.3, 0.4) is 0 Å². The van der Waals surface area contributed by atoms with Crippen LogP contribution in [0.2, 0.25) is 0 Å². The lowest BCUT2D eigenvalue weighted by Crippen LogP contribution is -2.12. The molecular weight excluding hydrogens is 266 g/mol. The van der Waals surface area contributed by atoms with Gasteiger partial charge in [-0.25, -0.2) is 0 Å². The largest absolute Gasteiger partial charge is 0.493 e. The van der Waals surface area contributed by atoms with Gasteiger partial charge in [-0.2, -0.15) is 5.10 Å². The van der Waals surface area contributed by atoms with E-state index in [9.17, 15) is 0 Å². The summed E-state index contributed by atoms with van der Waals surface area (Å²) < 4.78 is 12.9. The number of methoxy groups -OCH3 is 1. The van der Waals surface area contributed by atoms with Crippen LogP contribution in [0, 0.1) is 6.92 Å². The van der Waals surface area contributed by atoms with Crippen molar-refractivity contribution in [1.29, 1.82) is 0 Å². The lowest BCUT2D eigenvalue weighted by molar-refractivity contribution is 0.274. The lowest BCUT2D eigenvalue weighted by atomic mass is 10.2. The van der Waals surface area contributed by atoms with Crippen LogP contribution in [-0.2, 0) is 13.1 Å². The minimum Gasteiger partial charge on any atom is -0.493 e. The van der Waals surface area contributed by atoms with E-state index < -0.39 is 0 Å². The Morgan fingerprint density at radius 1 is 1.24 bits per heavy atom. The number of nitrogens with zero attached hydrogens (tertiary/aromatic N) is 2. The molecule has 0 unspecified atom stereocenters. The summed E-state index contributed by atoms with van der Waals surface area (Å²) in [5.41, 5.74) is 2.29. The van der Waals surface area contributed by atoms with Gasteiger partial charge >= 0.3 is 0 Å². The summed E-state index contributed by atoms with van der Waals surface area (Å²) in [5, 5.41) is 7.82. The Labute approximate surface area is 125 Å². The molecule has 1 N–H and O–H groups in total. The number of hydrogen-bond acceptors (Lipinski definition) is 4. The molecule has 1 aromatic heterocycles. The number of rotatable bonds is 8. The molecule has 0 amide bonds. The van der Waals surface area contributed by atoms with Crippen LogP contribution in [0.4, 0.5) is 0 Å².